The molecule has 0 aromatic heterocycles. The number of anilines is 2. The number of nitrogens with zero attached hydrogens (tertiary/aromatic N) is 1. The van der Waals surface area contributed by atoms with Gasteiger partial charge in [0.1, 0.15) is 0 Å². The van der Waals surface area contributed by atoms with Crippen LogP contribution in [0.1, 0.15) is 31.5 Å². The van der Waals surface area contributed by atoms with E-state index < -0.39 is 0 Å². The third-order valence-corrected chi connectivity index (χ3v) is 3.37. The fourth-order valence-electron chi connectivity index (χ4n) is 1.58. The van der Waals surface area contributed by atoms with Crippen LogP contribution in [0.15, 0.2) is 46.9 Å². The van der Waals surface area contributed by atoms with E-state index in [1.54, 1.807) is 6.08 Å². The van der Waals surface area contributed by atoms with Gasteiger partial charge in [0, 0.05) is 21.9 Å². The molecule has 4 heteroatoms. The van der Waals surface area contributed by atoms with Gasteiger partial charge in [0.25, 0.3) is 0 Å². The lowest BCUT2D eigenvalue weighted by Crippen LogP contribution is -1.88. The van der Waals surface area contributed by atoms with E-state index in [4.69, 9.17) is 16.7 Å². The predicted octanol–water partition coefficient (Wildman–Crippen LogP) is 5.73. The van der Waals surface area contributed by atoms with Gasteiger partial charge in [0.05, 0.1) is 6.07 Å². The fraction of sp³-hybridized carbons (Fsp3) is 0.211. The summed E-state index contributed by atoms with van der Waals surface area (Å²) in [7, 11) is 0. The minimum Gasteiger partial charge on any atom is -0.399 e. The van der Waals surface area contributed by atoms with Gasteiger partial charge in [-0.2, -0.15) is 5.26 Å². The molecule has 0 atom stereocenters. The van der Waals surface area contributed by atoms with Gasteiger partial charge in [-0.15, -0.1) is 0 Å². The fourth-order valence-corrected chi connectivity index (χ4v) is 2.05. The topological polar surface area (TPSA) is 75.8 Å². The van der Waals surface area contributed by atoms with Gasteiger partial charge in [-0.3, -0.25) is 0 Å². The second-order valence-electron chi connectivity index (χ2n) is 4.58. The summed E-state index contributed by atoms with van der Waals surface area (Å²) >= 11 is 3.34. The molecular weight excluding hydrogens is 350 g/mol. The summed E-state index contributed by atoms with van der Waals surface area (Å²) in [5.74, 6) is 0. The van der Waals surface area contributed by atoms with E-state index in [1.807, 2.05) is 56.3 Å². The first-order valence-electron chi connectivity index (χ1n) is 6.38. The van der Waals surface area contributed by atoms with Crippen LogP contribution in [0.25, 0.3) is 6.08 Å². The number of nitriles is 1. The van der Waals surface area contributed by atoms with Crippen LogP contribution in [-0.2, 0) is 0 Å². The lowest BCUT2D eigenvalue weighted by atomic mass is 10.1. The smallest absolute Gasteiger partial charge is 0.0912 e. The van der Waals surface area contributed by atoms with Gasteiger partial charge in [0.15, 0.2) is 0 Å². The first-order chi connectivity index (χ1) is 9.93. The van der Waals surface area contributed by atoms with Gasteiger partial charge >= 0.3 is 0 Å². The maximum absolute atomic E-state index is 8.29. The van der Waals surface area contributed by atoms with Crippen molar-refractivity contribution in [2.75, 3.05) is 11.5 Å². The number of nitrogen functional groups attached to an aromatic ring is 2. The molecule has 0 unspecified atom stereocenters. The number of benzene rings is 2. The molecule has 2 aromatic rings. The molecule has 124 valence electrons. The van der Waals surface area contributed by atoms with Crippen molar-refractivity contribution in [3.63, 3.8) is 0 Å². The van der Waals surface area contributed by atoms with Gasteiger partial charge in [-0.1, -0.05) is 36.8 Å². The predicted molar refractivity (Wildman–Crippen MR) is 107 cm³/mol. The van der Waals surface area contributed by atoms with Crippen LogP contribution in [0.4, 0.5) is 11.4 Å². The van der Waals surface area contributed by atoms with Crippen LogP contribution in [-0.4, -0.2) is 0 Å². The highest BCUT2D eigenvalue weighted by Crippen LogP contribution is 2.16. The molecule has 4 N–H and O–H groups in total. The number of nitrogens with two attached hydrogens (primary N) is 2. The molecule has 0 fully saturated rings. The number of allylic oxidation sites excluding steroid dienone is 1. The second kappa shape index (κ2) is 11.3. The minimum atomic E-state index is 0. The summed E-state index contributed by atoms with van der Waals surface area (Å²) in [6.45, 7) is 3.93. The Balaban J connectivity index is 0. The van der Waals surface area contributed by atoms with Crippen LogP contribution in [0.2, 0.25) is 0 Å². The monoisotopic (exact) mass is 375 g/mol. The number of rotatable bonds is 1. The normalized spacial score (nSPS) is 8.96. The van der Waals surface area contributed by atoms with Gasteiger partial charge in [-0.25, -0.2) is 0 Å². The molecule has 2 rings (SSSR count). The van der Waals surface area contributed by atoms with Crippen LogP contribution < -0.4 is 11.5 Å². The zero-order valence-corrected chi connectivity index (χ0v) is 13.7. The maximum Gasteiger partial charge on any atom is 0.0912 e. The van der Waals surface area contributed by atoms with Gasteiger partial charge in [0.2, 0.25) is 0 Å². The Kier molecular flexibility index (Phi) is 11.3. The Morgan fingerprint density at radius 2 is 1.48 bits per heavy atom. The van der Waals surface area contributed by atoms with E-state index in [9.17, 15) is 0 Å². The van der Waals surface area contributed by atoms with Gasteiger partial charge in [-0.05, 0) is 66.9 Å². The van der Waals surface area contributed by atoms with E-state index >= 15 is 0 Å². The molecule has 0 amide bonds. The summed E-state index contributed by atoms with van der Waals surface area (Å²) in [5, 5.41) is 8.29. The van der Waals surface area contributed by atoms with Crippen molar-refractivity contribution >= 4 is 33.4 Å². The molecule has 0 radical (unpaired) electrons. The highest BCUT2D eigenvalue weighted by molar-refractivity contribution is 9.10. The Morgan fingerprint density at radius 3 is 1.91 bits per heavy atom. The summed E-state index contributed by atoms with van der Waals surface area (Å²) < 4.78 is 1.08. The first-order valence-corrected chi connectivity index (χ1v) is 7.17. The lowest BCUT2D eigenvalue weighted by Gasteiger charge is -1.99. The molecular formula is C19H26BrN3. The maximum atomic E-state index is 8.29. The third-order valence-electron chi connectivity index (χ3n) is 2.88. The Morgan fingerprint density at radius 1 is 0.957 bits per heavy atom. The summed E-state index contributed by atoms with van der Waals surface area (Å²) in [6.07, 6.45) is 3.21. The highest BCUT2D eigenvalue weighted by Gasteiger charge is 1.92. The first kappa shape index (κ1) is 23.0. The molecule has 0 aliphatic carbocycles. The standard InChI is InChI=1S/C10H10N2.C7H8BrN.2CH4/c1-8-7-9(3-2-6-11)4-5-10(8)12;1-5-4-6(8)2-3-7(5)9;;/h2-5,7H,12H2,1H3;2-4H,9H2,1H3;2*1H4/b3-2+;;;. The molecule has 0 spiro atoms. The number of halogens is 1. The molecule has 0 saturated heterocycles. The zero-order valence-electron chi connectivity index (χ0n) is 12.1. The molecule has 3 nitrogen and oxygen atoms in total. The van der Waals surface area contributed by atoms with E-state index in [0.29, 0.717) is 0 Å². The summed E-state index contributed by atoms with van der Waals surface area (Å²) in [6, 6.07) is 13.4. The van der Waals surface area contributed by atoms with E-state index in [1.165, 1.54) is 6.08 Å². The van der Waals surface area contributed by atoms with Crippen molar-refractivity contribution in [3.05, 3.63) is 63.6 Å². The largest absolute Gasteiger partial charge is 0.399 e. The van der Waals surface area contributed by atoms with E-state index in [0.717, 1.165) is 32.5 Å². The average molecular weight is 376 g/mol. The molecule has 23 heavy (non-hydrogen) atoms. The van der Waals surface area contributed by atoms with Crippen LogP contribution in [0, 0.1) is 25.2 Å². The van der Waals surface area contributed by atoms with Crippen molar-refractivity contribution < 1.29 is 0 Å². The molecule has 0 saturated carbocycles. The lowest BCUT2D eigenvalue weighted by molar-refractivity contribution is 1.45. The molecule has 0 bridgehead atoms. The third kappa shape index (κ3) is 8.08. The number of aryl methyl sites for hydroxylation is 2. The number of hydrogen-bond acceptors (Lipinski definition) is 3. The molecule has 0 heterocycles. The van der Waals surface area contributed by atoms with Crippen molar-refractivity contribution in [2.24, 2.45) is 0 Å². The van der Waals surface area contributed by atoms with Crippen molar-refractivity contribution in [1.29, 1.82) is 5.26 Å². The highest BCUT2D eigenvalue weighted by atomic mass is 79.9. The molecule has 0 aliphatic rings. The van der Waals surface area contributed by atoms with Gasteiger partial charge < -0.3 is 11.5 Å². The zero-order chi connectivity index (χ0) is 15.8. The van der Waals surface area contributed by atoms with Crippen molar-refractivity contribution in [2.45, 2.75) is 28.7 Å². The summed E-state index contributed by atoms with van der Waals surface area (Å²) in [5.41, 5.74) is 16.0. The Bertz CT molecular complexity index is 685. The summed E-state index contributed by atoms with van der Waals surface area (Å²) in [4.78, 5) is 0. The Hall–Kier alpha value is -2.25. The van der Waals surface area contributed by atoms with E-state index in [-0.39, 0.29) is 14.9 Å². The van der Waals surface area contributed by atoms with Crippen LogP contribution in [0.3, 0.4) is 0 Å². The molecule has 0 aliphatic heterocycles. The quantitative estimate of drug-likeness (QED) is 0.493. The van der Waals surface area contributed by atoms with Crippen LogP contribution >= 0.6 is 15.9 Å². The minimum absolute atomic E-state index is 0. The SMILES string of the molecule is C.C.Cc1cc(/C=C/C#N)ccc1N.Cc1cc(Br)ccc1N. The van der Waals surface area contributed by atoms with Crippen LogP contribution in [0.5, 0.6) is 0 Å². The molecule has 2 aromatic carbocycles. The Labute approximate surface area is 148 Å². The number of hydrogen-bond donors (Lipinski definition) is 2. The second-order valence-corrected chi connectivity index (χ2v) is 5.50. The van der Waals surface area contributed by atoms with Crippen molar-refractivity contribution in [1.82, 2.24) is 0 Å². The average Bonchev–Trinajstić information content (AvgIpc) is 2.45. The van der Waals surface area contributed by atoms with Crippen molar-refractivity contribution in [3.8, 4) is 6.07 Å². The van der Waals surface area contributed by atoms with E-state index in [2.05, 4.69) is 15.9 Å².